The van der Waals surface area contributed by atoms with Gasteiger partial charge in [-0.1, -0.05) is 0 Å². The van der Waals surface area contributed by atoms with E-state index in [1.807, 2.05) is 13.0 Å². The molecule has 0 atom stereocenters. The van der Waals surface area contributed by atoms with Crippen molar-refractivity contribution < 1.29 is 19.4 Å². The smallest absolute Gasteiger partial charge is 0.356 e. The van der Waals surface area contributed by atoms with E-state index >= 15 is 0 Å². The Morgan fingerprint density at radius 1 is 1.38 bits per heavy atom. The van der Waals surface area contributed by atoms with Crippen molar-refractivity contribution in [2.24, 2.45) is 7.05 Å². The molecule has 0 aliphatic heterocycles. The highest BCUT2D eigenvalue weighted by Gasteiger charge is 2.18. The van der Waals surface area contributed by atoms with Crippen LogP contribution < -0.4 is 9.47 Å². The molecule has 21 heavy (non-hydrogen) atoms. The molecule has 6 nitrogen and oxygen atoms in total. The van der Waals surface area contributed by atoms with E-state index in [2.05, 4.69) is 4.98 Å². The Kier molecular flexibility index (Phi) is 4.16. The molecule has 1 aromatic heterocycles. The number of aromatic nitrogens is 2. The van der Waals surface area contributed by atoms with Gasteiger partial charge in [-0.05, 0) is 32.0 Å². The number of aromatic carboxylic acids is 1. The van der Waals surface area contributed by atoms with E-state index in [1.54, 1.807) is 37.8 Å². The van der Waals surface area contributed by atoms with Crippen LogP contribution in [0.15, 0.2) is 18.2 Å². The Morgan fingerprint density at radius 3 is 2.62 bits per heavy atom. The SMILES string of the molecule is CCOc1ccc(-c2nc(C(=O)O)c(C)n2C)cc1OC. The molecule has 0 amide bonds. The lowest BCUT2D eigenvalue weighted by molar-refractivity contribution is 0.0690. The van der Waals surface area contributed by atoms with Gasteiger partial charge in [0.05, 0.1) is 13.7 Å². The van der Waals surface area contributed by atoms with Crippen molar-refractivity contribution in [1.29, 1.82) is 0 Å². The zero-order valence-corrected chi connectivity index (χ0v) is 12.5. The van der Waals surface area contributed by atoms with E-state index in [0.29, 0.717) is 29.6 Å². The molecule has 0 bridgehead atoms. The van der Waals surface area contributed by atoms with Gasteiger partial charge in [-0.15, -0.1) is 0 Å². The number of hydrogen-bond acceptors (Lipinski definition) is 4. The fourth-order valence-electron chi connectivity index (χ4n) is 2.12. The highest BCUT2D eigenvalue weighted by Crippen LogP contribution is 2.32. The Balaban J connectivity index is 2.52. The molecule has 0 saturated carbocycles. The second-order valence-electron chi connectivity index (χ2n) is 4.53. The highest BCUT2D eigenvalue weighted by molar-refractivity contribution is 5.87. The first-order valence-electron chi connectivity index (χ1n) is 6.57. The zero-order valence-electron chi connectivity index (χ0n) is 12.5. The fraction of sp³-hybridized carbons (Fsp3) is 0.333. The number of methoxy groups -OCH3 is 1. The summed E-state index contributed by atoms with van der Waals surface area (Å²) in [7, 11) is 3.35. The van der Waals surface area contributed by atoms with Crippen LogP contribution in [0.2, 0.25) is 0 Å². The Labute approximate surface area is 122 Å². The molecule has 0 aliphatic carbocycles. The number of ether oxygens (including phenoxy) is 2. The highest BCUT2D eigenvalue weighted by atomic mass is 16.5. The van der Waals surface area contributed by atoms with E-state index in [0.717, 1.165) is 5.56 Å². The number of benzene rings is 1. The first-order valence-corrected chi connectivity index (χ1v) is 6.57. The van der Waals surface area contributed by atoms with Crippen molar-refractivity contribution in [3.63, 3.8) is 0 Å². The summed E-state index contributed by atoms with van der Waals surface area (Å²) in [5, 5.41) is 9.14. The Hall–Kier alpha value is -2.50. The number of carbonyl (C=O) groups is 1. The van der Waals surface area contributed by atoms with Gasteiger partial charge in [0.2, 0.25) is 0 Å². The van der Waals surface area contributed by atoms with E-state index < -0.39 is 5.97 Å². The normalized spacial score (nSPS) is 10.5. The largest absolute Gasteiger partial charge is 0.493 e. The third-order valence-electron chi connectivity index (χ3n) is 3.31. The van der Waals surface area contributed by atoms with Crippen LogP contribution in [0.1, 0.15) is 23.1 Å². The van der Waals surface area contributed by atoms with E-state index in [9.17, 15) is 4.79 Å². The van der Waals surface area contributed by atoms with Gasteiger partial charge in [0.15, 0.2) is 17.2 Å². The van der Waals surface area contributed by atoms with E-state index in [-0.39, 0.29) is 5.69 Å². The first kappa shape index (κ1) is 14.9. The summed E-state index contributed by atoms with van der Waals surface area (Å²) < 4.78 is 12.5. The molecule has 2 aromatic rings. The maximum Gasteiger partial charge on any atom is 0.356 e. The van der Waals surface area contributed by atoms with E-state index in [4.69, 9.17) is 14.6 Å². The van der Waals surface area contributed by atoms with Gasteiger partial charge in [-0.25, -0.2) is 9.78 Å². The molecule has 0 unspecified atom stereocenters. The van der Waals surface area contributed by atoms with Gasteiger partial charge in [0.25, 0.3) is 0 Å². The number of carboxylic acid groups (broad SMARTS) is 1. The number of carboxylic acids is 1. The first-order chi connectivity index (χ1) is 9.99. The van der Waals surface area contributed by atoms with Gasteiger partial charge < -0.3 is 19.1 Å². The molecule has 0 radical (unpaired) electrons. The van der Waals surface area contributed by atoms with Crippen molar-refractivity contribution in [3.8, 4) is 22.9 Å². The minimum absolute atomic E-state index is 0.0559. The lowest BCUT2D eigenvalue weighted by atomic mass is 10.2. The maximum absolute atomic E-state index is 11.2. The van der Waals surface area contributed by atoms with Gasteiger partial charge in [-0.2, -0.15) is 0 Å². The molecule has 0 saturated heterocycles. The van der Waals surface area contributed by atoms with E-state index in [1.165, 1.54) is 0 Å². The van der Waals surface area contributed by atoms with Crippen LogP contribution in [0, 0.1) is 6.92 Å². The molecule has 112 valence electrons. The number of hydrogen-bond donors (Lipinski definition) is 1. The monoisotopic (exact) mass is 290 g/mol. The maximum atomic E-state index is 11.2. The van der Waals surface area contributed by atoms with Crippen LogP contribution in [0.3, 0.4) is 0 Å². The van der Waals surface area contributed by atoms with Crippen molar-refractivity contribution in [2.45, 2.75) is 13.8 Å². The summed E-state index contributed by atoms with van der Waals surface area (Å²) >= 11 is 0. The molecule has 1 aromatic carbocycles. The topological polar surface area (TPSA) is 73.6 Å². The van der Waals surface area contributed by atoms with Crippen molar-refractivity contribution >= 4 is 5.97 Å². The average molecular weight is 290 g/mol. The van der Waals surface area contributed by atoms with Gasteiger partial charge in [0, 0.05) is 18.3 Å². The predicted molar refractivity (Wildman–Crippen MR) is 78.1 cm³/mol. The quantitative estimate of drug-likeness (QED) is 0.915. The van der Waals surface area contributed by atoms with Crippen LogP contribution in [0.5, 0.6) is 11.5 Å². The summed E-state index contributed by atoms with van der Waals surface area (Å²) in [6, 6.07) is 5.42. The summed E-state index contributed by atoms with van der Waals surface area (Å²) in [6.07, 6.45) is 0. The molecule has 0 aliphatic rings. The van der Waals surface area contributed by atoms with Crippen LogP contribution in [0.25, 0.3) is 11.4 Å². The predicted octanol–water partition coefficient (Wildman–Crippen LogP) is 2.50. The molecule has 6 heteroatoms. The molecule has 1 heterocycles. The van der Waals surface area contributed by atoms with Gasteiger partial charge in [-0.3, -0.25) is 0 Å². The third-order valence-corrected chi connectivity index (χ3v) is 3.31. The van der Waals surface area contributed by atoms with Crippen molar-refractivity contribution in [2.75, 3.05) is 13.7 Å². The number of imidazole rings is 1. The number of nitrogens with zero attached hydrogens (tertiary/aromatic N) is 2. The van der Waals surface area contributed by atoms with Crippen molar-refractivity contribution in [1.82, 2.24) is 9.55 Å². The average Bonchev–Trinajstić information content (AvgIpc) is 2.76. The molecule has 2 rings (SSSR count). The standard InChI is InChI=1S/C15H18N2O4/c1-5-21-11-7-6-10(8-12(11)20-4)14-16-13(15(18)19)9(2)17(14)3/h6-8H,5H2,1-4H3,(H,18,19). The Bertz CT molecular complexity index is 677. The Morgan fingerprint density at radius 2 is 2.10 bits per heavy atom. The molecule has 0 spiro atoms. The minimum atomic E-state index is -1.03. The summed E-state index contributed by atoms with van der Waals surface area (Å²) in [4.78, 5) is 15.4. The lowest BCUT2D eigenvalue weighted by Gasteiger charge is -2.11. The van der Waals surface area contributed by atoms with Crippen molar-refractivity contribution in [3.05, 3.63) is 29.6 Å². The zero-order chi connectivity index (χ0) is 15.6. The fourth-order valence-corrected chi connectivity index (χ4v) is 2.12. The lowest BCUT2D eigenvalue weighted by Crippen LogP contribution is -2.00. The molecular weight excluding hydrogens is 272 g/mol. The van der Waals surface area contributed by atoms with Gasteiger partial charge in [0.1, 0.15) is 5.82 Å². The van der Waals surface area contributed by atoms with Crippen LogP contribution >= 0.6 is 0 Å². The minimum Gasteiger partial charge on any atom is -0.493 e. The molecular formula is C15H18N2O4. The summed E-state index contributed by atoms with van der Waals surface area (Å²) in [5.41, 5.74) is 1.43. The molecule has 0 fully saturated rings. The summed E-state index contributed by atoms with van der Waals surface area (Å²) in [5.74, 6) is 0.776. The molecule has 1 N–H and O–H groups in total. The van der Waals surface area contributed by atoms with Gasteiger partial charge >= 0.3 is 5.97 Å². The number of rotatable bonds is 5. The second kappa shape index (κ2) is 5.87. The van der Waals surface area contributed by atoms with Crippen LogP contribution in [-0.2, 0) is 7.05 Å². The van der Waals surface area contributed by atoms with Crippen LogP contribution in [-0.4, -0.2) is 34.3 Å². The summed E-state index contributed by atoms with van der Waals surface area (Å²) in [6.45, 7) is 4.17. The van der Waals surface area contributed by atoms with Crippen LogP contribution in [0.4, 0.5) is 0 Å². The third kappa shape index (κ3) is 2.69. The second-order valence-corrected chi connectivity index (χ2v) is 4.53.